The van der Waals surface area contributed by atoms with Crippen LogP contribution in [0.15, 0.2) is 42.0 Å². The molecule has 0 aromatic heterocycles. The minimum Gasteiger partial charge on any atom is -0.384 e. The van der Waals surface area contributed by atoms with Gasteiger partial charge in [-0.1, -0.05) is 36.4 Å². The Labute approximate surface area is 95.6 Å². The van der Waals surface area contributed by atoms with Gasteiger partial charge in [-0.15, -0.1) is 0 Å². The highest BCUT2D eigenvalue weighted by molar-refractivity contribution is 5.96. The van der Waals surface area contributed by atoms with Crippen LogP contribution in [0.5, 0.6) is 0 Å². The average molecular weight is 216 g/mol. The molecule has 2 heteroatoms. The van der Waals surface area contributed by atoms with Gasteiger partial charge in [-0.05, 0) is 24.8 Å². The van der Waals surface area contributed by atoms with E-state index in [0.717, 1.165) is 24.8 Å². The maximum absolute atomic E-state index is 11.8. The number of allylic oxidation sites excluding steroid dienone is 1. The molecule has 1 N–H and O–H groups in total. The molecule has 0 spiro atoms. The Morgan fingerprint density at radius 1 is 1.12 bits per heavy atom. The van der Waals surface area contributed by atoms with Gasteiger partial charge in [0.05, 0.1) is 0 Å². The zero-order valence-electron chi connectivity index (χ0n) is 9.23. The number of aliphatic hydroxyl groups excluding tert-OH is 1. The molecule has 84 valence electrons. The minimum atomic E-state index is -0.758. The lowest BCUT2D eigenvalue weighted by molar-refractivity contribution is -0.116. The Bertz CT molecular complexity index is 392. The van der Waals surface area contributed by atoms with Crippen molar-refractivity contribution in [1.29, 1.82) is 0 Å². The highest BCUT2D eigenvalue weighted by Gasteiger charge is 2.20. The first kappa shape index (κ1) is 11.1. The third-order valence-corrected chi connectivity index (χ3v) is 2.95. The average Bonchev–Trinajstić information content (AvgIpc) is 2.54. The molecule has 1 aromatic carbocycles. The number of carbonyl (C=O) groups is 1. The van der Waals surface area contributed by atoms with E-state index in [0.29, 0.717) is 12.0 Å². The van der Waals surface area contributed by atoms with E-state index >= 15 is 0 Å². The molecule has 0 aliphatic heterocycles. The van der Waals surface area contributed by atoms with Crippen LogP contribution in [0.4, 0.5) is 0 Å². The van der Waals surface area contributed by atoms with Crippen LogP contribution in [0, 0.1) is 0 Å². The predicted molar refractivity (Wildman–Crippen MR) is 63.0 cm³/mol. The number of aliphatic hydroxyl groups is 1. The smallest absolute Gasteiger partial charge is 0.161 e. The van der Waals surface area contributed by atoms with Crippen molar-refractivity contribution < 1.29 is 9.90 Å². The molecular weight excluding hydrogens is 200 g/mol. The van der Waals surface area contributed by atoms with Crippen LogP contribution in [0.2, 0.25) is 0 Å². The second kappa shape index (κ2) is 5.08. The Kier molecular flexibility index (Phi) is 3.52. The minimum absolute atomic E-state index is 0.0915. The first-order chi connectivity index (χ1) is 7.79. The zero-order chi connectivity index (χ0) is 11.4. The summed E-state index contributed by atoms with van der Waals surface area (Å²) in [5.41, 5.74) is 1.37. The van der Waals surface area contributed by atoms with E-state index in [1.54, 1.807) is 0 Å². The SMILES string of the molecule is O=C1CCCCC=C1C(O)c1ccccc1. The summed E-state index contributed by atoms with van der Waals surface area (Å²) in [5.74, 6) is 0.0915. The van der Waals surface area contributed by atoms with Gasteiger partial charge >= 0.3 is 0 Å². The summed E-state index contributed by atoms with van der Waals surface area (Å²) in [6, 6.07) is 9.35. The quantitative estimate of drug-likeness (QED) is 0.825. The number of carbonyl (C=O) groups excluding carboxylic acids is 1. The molecule has 0 fully saturated rings. The maximum atomic E-state index is 11.8. The molecule has 2 rings (SSSR count). The molecule has 0 saturated heterocycles. The summed E-state index contributed by atoms with van der Waals surface area (Å²) in [6.07, 6.45) is 4.57. The fraction of sp³-hybridized carbons (Fsp3) is 0.357. The van der Waals surface area contributed by atoms with Crippen molar-refractivity contribution in [2.24, 2.45) is 0 Å². The molecule has 1 aliphatic rings. The first-order valence-corrected chi connectivity index (χ1v) is 5.75. The third kappa shape index (κ3) is 2.39. The summed E-state index contributed by atoms with van der Waals surface area (Å²) in [6.45, 7) is 0. The molecule has 1 unspecified atom stereocenters. The molecule has 0 bridgehead atoms. The van der Waals surface area contributed by atoms with Crippen LogP contribution < -0.4 is 0 Å². The van der Waals surface area contributed by atoms with Crippen molar-refractivity contribution in [3.05, 3.63) is 47.5 Å². The fourth-order valence-electron chi connectivity index (χ4n) is 2.02. The lowest BCUT2D eigenvalue weighted by Crippen LogP contribution is -2.10. The molecule has 0 radical (unpaired) electrons. The molecule has 0 amide bonds. The predicted octanol–water partition coefficient (Wildman–Crippen LogP) is 2.79. The number of hydrogen-bond donors (Lipinski definition) is 1. The highest BCUT2D eigenvalue weighted by atomic mass is 16.3. The van der Waals surface area contributed by atoms with E-state index in [9.17, 15) is 9.90 Å². The van der Waals surface area contributed by atoms with Crippen LogP contribution in [-0.2, 0) is 4.79 Å². The molecule has 0 heterocycles. The second-order valence-corrected chi connectivity index (χ2v) is 4.14. The van der Waals surface area contributed by atoms with Crippen molar-refractivity contribution in [2.75, 3.05) is 0 Å². The fourth-order valence-corrected chi connectivity index (χ4v) is 2.02. The monoisotopic (exact) mass is 216 g/mol. The highest BCUT2D eigenvalue weighted by Crippen LogP contribution is 2.26. The number of ketones is 1. The number of benzene rings is 1. The van der Waals surface area contributed by atoms with Gasteiger partial charge < -0.3 is 5.11 Å². The molecule has 2 nitrogen and oxygen atoms in total. The Morgan fingerprint density at radius 3 is 2.62 bits per heavy atom. The Morgan fingerprint density at radius 2 is 1.88 bits per heavy atom. The van der Waals surface area contributed by atoms with Crippen molar-refractivity contribution in [3.8, 4) is 0 Å². The number of hydrogen-bond acceptors (Lipinski definition) is 2. The third-order valence-electron chi connectivity index (χ3n) is 2.95. The summed E-state index contributed by atoms with van der Waals surface area (Å²) in [5, 5.41) is 10.2. The van der Waals surface area contributed by atoms with Gasteiger partial charge in [0.2, 0.25) is 0 Å². The summed E-state index contributed by atoms with van der Waals surface area (Å²) < 4.78 is 0. The normalized spacial score (nSPS) is 18.8. The molecule has 1 atom stereocenters. The maximum Gasteiger partial charge on any atom is 0.161 e. The van der Waals surface area contributed by atoms with Crippen LogP contribution in [0.3, 0.4) is 0 Å². The molecule has 16 heavy (non-hydrogen) atoms. The Balaban J connectivity index is 2.23. The molecule has 1 aliphatic carbocycles. The van der Waals surface area contributed by atoms with E-state index in [4.69, 9.17) is 0 Å². The Hall–Kier alpha value is -1.41. The van der Waals surface area contributed by atoms with E-state index in [-0.39, 0.29) is 5.78 Å². The van der Waals surface area contributed by atoms with Gasteiger partial charge in [0.1, 0.15) is 6.10 Å². The standard InChI is InChI=1S/C14H16O2/c15-13-10-6-2-5-9-12(13)14(16)11-7-3-1-4-8-11/h1,3-4,7-9,14,16H,2,5-6,10H2. The van der Waals surface area contributed by atoms with Gasteiger partial charge in [0.15, 0.2) is 5.78 Å². The van der Waals surface area contributed by atoms with E-state index in [1.165, 1.54) is 0 Å². The molecule has 1 aromatic rings. The second-order valence-electron chi connectivity index (χ2n) is 4.14. The van der Waals surface area contributed by atoms with Crippen LogP contribution in [-0.4, -0.2) is 10.9 Å². The zero-order valence-corrected chi connectivity index (χ0v) is 9.23. The number of Topliss-reactive ketones (excluding diaryl/α,β-unsaturated/α-hetero) is 1. The van der Waals surface area contributed by atoms with Gasteiger partial charge in [0, 0.05) is 12.0 Å². The van der Waals surface area contributed by atoms with Crippen molar-refractivity contribution >= 4 is 5.78 Å². The van der Waals surface area contributed by atoms with Gasteiger partial charge in [0.25, 0.3) is 0 Å². The molecule has 0 saturated carbocycles. The van der Waals surface area contributed by atoms with Crippen LogP contribution >= 0.6 is 0 Å². The van der Waals surface area contributed by atoms with Gasteiger partial charge in [-0.25, -0.2) is 0 Å². The van der Waals surface area contributed by atoms with E-state index < -0.39 is 6.10 Å². The van der Waals surface area contributed by atoms with Crippen molar-refractivity contribution in [3.63, 3.8) is 0 Å². The van der Waals surface area contributed by atoms with E-state index in [1.807, 2.05) is 36.4 Å². The topological polar surface area (TPSA) is 37.3 Å². The lowest BCUT2D eigenvalue weighted by atomic mass is 9.97. The first-order valence-electron chi connectivity index (χ1n) is 5.75. The van der Waals surface area contributed by atoms with Crippen LogP contribution in [0.25, 0.3) is 0 Å². The van der Waals surface area contributed by atoms with E-state index in [2.05, 4.69) is 0 Å². The lowest BCUT2D eigenvalue weighted by Gasteiger charge is -2.13. The summed E-state index contributed by atoms with van der Waals surface area (Å²) in [4.78, 5) is 11.8. The largest absolute Gasteiger partial charge is 0.384 e. The van der Waals surface area contributed by atoms with Gasteiger partial charge in [-0.2, -0.15) is 0 Å². The summed E-state index contributed by atoms with van der Waals surface area (Å²) >= 11 is 0. The number of rotatable bonds is 2. The van der Waals surface area contributed by atoms with Crippen LogP contribution in [0.1, 0.15) is 37.4 Å². The van der Waals surface area contributed by atoms with Crippen molar-refractivity contribution in [1.82, 2.24) is 0 Å². The molecular formula is C14H16O2. The van der Waals surface area contributed by atoms with Crippen molar-refractivity contribution in [2.45, 2.75) is 31.8 Å². The summed E-state index contributed by atoms with van der Waals surface area (Å²) in [7, 11) is 0. The van der Waals surface area contributed by atoms with Gasteiger partial charge in [-0.3, -0.25) is 4.79 Å².